The number of piperidine rings is 1. The van der Waals surface area contributed by atoms with E-state index in [1.807, 2.05) is 4.90 Å². The third-order valence-corrected chi connectivity index (χ3v) is 13.2. The number of aromatic nitrogens is 4. The molecule has 3 saturated heterocycles. The molecule has 0 radical (unpaired) electrons. The summed E-state index contributed by atoms with van der Waals surface area (Å²) >= 11 is 0. The highest BCUT2D eigenvalue weighted by molar-refractivity contribution is 7.90. The van der Waals surface area contributed by atoms with Gasteiger partial charge in [0, 0.05) is 112 Å². The first-order valence-corrected chi connectivity index (χ1v) is 21.8. The molecule has 0 bridgehead atoms. The molecular weight excluding hydrogens is 841 g/mol. The van der Waals surface area contributed by atoms with Gasteiger partial charge in [0.25, 0.3) is 0 Å². The van der Waals surface area contributed by atoms with Gasteiger partial charge in [0.15, 0.2) is 11.6 Å². The van der Waals surface area contributed by atoms with E-state index in [9.17, 15) is 32.7 Å². The summed E-state index contributed by atoms with van der Waals surface area (Å²) in [6.45, 7) is 3.82. The van der Waals surface area contributed by atoms with Crippen molar-refractivity contribution in [2.45, 2.75) is 44.2 Å². The number of amides is 3. The van der Waals surface area contributed by atoms with E-state index in [0.29, 0.717) is 72.9 Å². The standard InChI is InChI=1S/C42H45F2N11O7S/c1-3-52(2)63(61,62)51-32-6-4-5-28(37(32)44)38(58)30-23-46-39-29(30)17-25(20-45-39)26-21-47-41(48-22-26)54-15-13-53(14-16-54)36(57)19-42(60)11-12-55(24-42)34-9-7-27(18-31(34)43)49-33-8-10-35(56)50-40(33)59/h4-7,9,17-18,20-23,33,49,51,60H,3,8,10-16,19,24H2,1-2H3,(H,45,46)(H,50,56,59). The smallest absolute Gasteiger partial charge is 0.301 e. The largest absolute Gasteiger partial charge is 0.387 e. The quantitative estimate of drug-likeness (QED) is 0.0848. The van der Waals surface area contributed by atoms with Crippen LogP contribution in [0.25, 0.3) is 22.2 Å². The van der Waals surface area contributed by atoms with Crippen LogP contribution in [0.3, 0.4) is 0 Å². The number of nitrogens with zero attached hydrogens (tertiary/aromatic N) is 7. The van der Waals surface area contributed by atoms with Crippen molar-refractivity contribution in [1.29, 1.82) is 0 Å². The molecule has 3 aromatic heterocycles. The molecule has 2 unspecified atom stereocenters. The maximum absolute atomic E-state index is 15.6. The lowest BCUT2D eigenvalue weighted by molar-refractivity contribution is -0.136. The van der Waals surface area contributed by atoms with E-state index in [1.165, 1.54) is 37.5 Å². The highest BCUT2D eigenvalue weighted by atomic mass is 32.2. The Bertz CT molecular complexity index is 2710. The molecule has 3 amide bonds. The summed E-state index contributed by atoms with van der Waals surface area (Å²) < 4.78 is 59.2. The van der Waals surface area contributed by atoms with E-state index >= 15 is 8.78 Å². The minimum Gasteiger partial charge on any atom is -0.387 e. The Hall–Kier alpha value is -6.58. The van der Waals surface area contributed by atoms with E-state index < -0.39 is 45.2 Å². The van der Waals surface area contributed by atoms with E-state index in [-0.39, 0.29) is 66.7 Å². The predicted molar refractivity (Wildman–Crippen MR) is 229 cm³/mol. The van der Waals surface area contributed by atoms with Crippen molar-refractivity contribution in [3.8, 4) is 11.1 Å². The van der Waals surface area contributed by atoms with Gasteiger partial charge in [-0.1, -0.05) is 13.0 Å². The van der Waals surface area contributed by atoms with E-state index in [4.69, 9.17) is 0 Å². The number of rotatable bonds is 13. The molecule has 5 N–H and O–H groups in total. The van der Waals surface area contributed by atoms with Gasteiger partial charge >= 0.3 is 10.2 Å². The number of hydrogen-bond acceptors (Lipinski definition) is 13. The zero-order chi connectivity index (χ0) is 44.6. The minimum absolute atomic E-state index is 0.0651. The van der Waals surface area contributed by atoms with Crippen LogP contribution in [0.5, 0.6) is 0 Å². The van der Waals surface area contributed by atoms with Crippen LogP contribution in [0.1, 0.15) is 48.5 Å². The molecule has 18 nitrogen and oxygen atoms in total. The molecule has 63 heavy (non-hydrogen) atoms. The molecule has 8 rings (SSSR count). The summed E-state index contributed by atoms with van der Waals surface area (Å²) in [5.41, 5.74) is 0.327. The molecular formula is C42H45F2N11O7S. The molecule has 2 aromatic carbocycles. The van der Waals surface area contributed by atoms with Gasteiger partial charge in [-0.05, 0) is 49.2 Å². The van der Waals surface area contributed by atoms with Gasteiger partial charge in [-0.2, -0.15) is 12.7 Å². The van der Waals surface area contributed by atoms with Crippen molar-refractivity contribution in [3.63, 3.8) is 0 Å². The van der Waals surface area contributed by atoms with Crippen LogP contribution < -0.4 is 25.2 Å². The maximum atomic E-state index is 15.6. The second kappa shape index (κ2) is 17.3. The van der Waals surface area contributed by atoms with Crippen LogP contribution in [0, 0.1) is 11.6 Å². The number of benzene rings is 2. The average molecular weight is 886 g/mol. The molecule has 0 aliphatic carbocycles. The van der Waals surface area contributed by atoms with Crippen molar-refractivity contribution >= 4 is 67.8 Å². The second-order valence-corrected chi connectivity index (χ2v) is 17.6. The van der Waals surface area contributed by atoms with Gasteiger partial charge in [0.05, 0.1) is 29.0 Å². The number of anilines is 4. The number of H-pyrrole nitrogens is 1. The zero-order valence-corrected chi connectivity index (χ0v) is 35.2. The Morgan fingerprint density at radius 3 is 2.43 bits per heavy atom. The number of fused-ring (bicyclic) bond motifs is 1. The number of carbonyl (C=O) groups is 4. The number of carbonyl (C=O) groups excluding carboxylic acids is 4. The fourth-order valence-electron chi connectivity index (χ4n) is 7.94. The average Bonchev–Trinajstić information content (AvgIpc) is 3.88. The number of imide groups is 1. The predicted octanol–water partition coefficient (Wildman–Crippen LogP) is 3.03. The number of hydrogen-bond donors (Lipinski definition) is 5. The van der Waals surface area contributed by atoms with Crippen molar-refractivity contribution in [2.24, 2.45) is 0 Å². The monoisotopic (exact) mass is 885 g/mol. The number of nitrogens with one attached hydrogen (secondary N) is 4. The molecule has 3 aliphatic heterocycles. The first-order chi connectivity index (χ1) is 30.1. The fourth-order valence-corrected chi connectivity index (χ4v) is 8.87. The number of piperazine rings is 1. The summed E-state index contributed by atoms with van der Waals surface area (Å²) in [5.74, 6) is -2.81. The normalized spacial score (nSPS) is 19.5. The SMILES string of the molecule is CCN(C)S(=O)(=O)Nc1cccc(C(=O)c2c[nH]c3ncc(-c4cnc(N5CCN(C(=O)CC6(O)CCN(c7ccc(NC8CCC(=O)NC8=O)cc7F)C6)CC5)nc4)cc23)c1F. The van der Waals surface area contributed by atoms with Gasteiger partial charge in [-0.3, -0.25) is 29.2 Å². The lowest BCUT2D eigenvalue weighted by Crippen LogP contribution is -2.51. The second-order valence-electron chi connectivity index (χ2n) is 15.9. The molecule has 5 aromatic rings. The first-order valence-electron chi connectivity index (χ1n) is 20.4. The molecule has 2 atom stereocenters. The Morgan fingerprint density at radius 2 is 1.71 bits per heavy atom. The molecule has 21 heteroatoms. The Morgan fingerprint density at radius 1 is 0.968 bits per heavy atom. The Balaban J connectivity index is 0.860. The van der Waals surface area contributed by atoms with Crippen LogP contribution in [-0.4, -0.2) is 131 Å². The number of pyridine rings is 1. The van der Waals surface area contributed by atoms with Crippen molar-refractivity contribution in [1.82, 2.24) is 34.5 Å². The number of aliphatic hydroxyl groups is 1. The molecule has 0 spiro atoms. The van der Waals surface area contributed by atoms with E-state index in [1.54, 1.807) is 53.5 Å². The number of aromatic amines is 1. The third kappa shape index (κ3) is 9.02. The lowest BCUT2D eigenvalue weighted by atomic mass is 9.98. The number of β-amino-alcohol motifs (C(OH)–C–C–N with tert-alkyl or cyclic N) is 1. The highest BCUT2D eigenvalue weighted by Crippen LogP contribution is 2.34. The van der Waals surface area contributed by atoms with Crippen LogP contribution >= 0.6 is 0 Å². The molecule has 3 fully saturated rings. The van der Waals surface area contributed by atoms with Crippen LogP contribution in [0.2, 0.25) is 0 Å². The summed E-state index contributed by atoms with van der Waals surface area (Å²) in [6.07, 6.45) is 6.88. The maximum Gasteiger partial charge on any atom is 0.301 e. The molecule has 6 heterocycles. The Labute approximate surface area is 360 Å². The highest BCUT2D eigenvalue weighted by Gasteiger charge is 2.40. The van der Waals surface area contributed by atoms with Crippen LogP contribution in [0.15, 0.2) is 67.3 Å². The molecule has 0 saturated carbocycles. The van der Waals surface area contributed by atoms with Gasteiger partial charge in [-0.25, -0.2) is 23.7 Å². The fraction of sp³-hybridized carbons (Fsp3) is 0.357. The van der Waals surface area contributed by atoms with Crippen molar-refractivity contribution in [2.75, 3.05) is 72.7 Å². The topological polar surface area (TPSA) is 226 Å². The zero-order valence-electron chi connectivity index (χ0n) is 34.4. The lowest BCUT2D eigenvalue weighted by Gasteiger charge is -2.36. The van der Waals surface area contributed by atoms with E-state index in [2.05, 4.69) is 35.3 Å². The minimum atomic E-state index is -4.04. The summed E-state index contributed by atoms with van der Waals surface area (Å²) in [5, 5.41) is 17.1. The van der Waals surface area contributed by atoms with Gasteiger partial charge in [0.1, 0.15) is 17.5 Å². The summed E-state index contributed by atoms with van der Waals surface area (Å²) in [7, 11) is -2.69. The van der Waals surface area contributed by atoms with Crippen molar-refractivity contribution in [3.05, 3.63) is 90.0 Å². The summed E-state index contributed by atoms with van der Waals surface area (Å²) in [4.78, 5) is 72.5. The van der Waals surface area contributed by atoms with Gasteiger partial charge < -0.3 is 30.1 Å². The first kappa shape index (κ1) is 43.1. The third-order valence-electron chi connectivity index (χ3n) is 11.7. The van der Waals surface area contributed by atoms with Crippen LogP contribution in [0.4, 0.5) is 31.8 Å². The van der Waals surface area contributed by atoms with Crippen LogP contribution in [-0.2, 0) is 24.6 Å². The number of ketones is 1. The van der Waals surface area contributed by atoms with Gasteiger partial charge in [0.2, 0.25) is 23.7 Å². The Kier molecular flexibility index (Phi) is 11.8. The van der Waals surface area contributed by atoms with Gasteiger partial charge in [-0.15, -0.1) is 0 Å². The van der Waals surface area contributed by atoms with Crippen molar-refractivity contribution < 1.29 is 41.5 Å². The molecule has 3 aliphatic rings. The molecule has 330 valence electrons. The summed E-state index contributed by atoms with van der Waals surface area (Å²) in [6, 6.07) is 9.45. The number of halogens is 2. The van der Waals surface area contributed by atoms with E-state index in [0.717, 1.165) is 4.31 Å².